The van der Waals surface area contributed by atoms with Crippen LogP contribution >= 0.6 is 11.3 Å². The molecular formula is C8H7N3O2S. The van der Waals surface area contributed by atoms with E-state index in [-0.39, 0.29) is 0 Å². The van der Waals surface area contributed by atoms with Crippen LogP contribution in [-0.2, 0) is 0 Å². The average molecular weight is 209 g/mol. The predicted molar refractivity (Wildman–Crippen MR) is 51.6 cm³/mol. The van der Waals surface area contributed by atoms with Crippen molar-refractivity contribution in [3.05, 3.63) is 23.3 Å². The second-order valence-electron chi connectivity index (χ2n) is 2.60. The van der Waals surface area contributed by atoms with Crippen LogP contribution in [0.25, 0.3) is 10.8 Å². The van der Waals surface area contributed by atoms with E-state index in [1.165, 1.54) is 11.3 Å². The highest BCUT2D eigenvalue weighted by Gasteiger charge is 2.09. The Hall–Kier alpha value is -1.69. The summed E-state index contributed by atoms with van der Waals surface area (Å²) in [7, 11) is 0. The first-order chi connectivity index (χ1) is 6.81. The molecule has 0 aromatic carbocycles. The van der Waals surface area contributed by atoms with Crippen molar-refractivity contribution < 1.29 is 9.73 Å². The number of hydrogen-bond donors (Lipinski definition) is 1. The molecule has 2 aromatic rings. The second kappa shape index (κ2) is 3.59. The molecular weight excluding hydrogens is 202 g/mol. The fraction of sp³-hybridized carbons (Fsp3) is 0.125. The molecule has 0 fully saturated rings. The van der Waals surface area contributed by atoms with Gasteiger partial charge in [0.15, 0.2) is 10.8 Å². The highest BCUT2D eigenvalue weighted by Crippen LogP contribution is 2.23. The van der Waals surface area contributed by atoms with Gasteiger partial charge in [-0.2, -0.15) is 0 Å². The summed E-state index contributed by atoms with van der Waals surface area (Å²) in [5.74, 6) is 0.618. The summed E-state index contributed by atoms with van der Waals surface area (Å²) in [5, 5.41) is 17.7. The lowest BCUT2D eigenvalue weighted by molar-refractivity contribution is 0.319. The van der Waals surface area contributed by atoms with E-state index >= 15 is 0 Å². The third-order valence-electron chi connectivity index (χ3n) is 1.67. The first kappa shape index (κ1) is 8.89. The molecule has 0 amide bonds. The Morgan fingerprint density at radius 2 is 2.50 bits per heavy atom. The molecule has 0 radical (unpaired) electrons. The highest BCUT2D eigenvalue weighted by molar-refractivity contribution is 7.13. The van der Waals surface area contributed by atoms with Gasteiger partial charge in [0.2, 0.25) is 0 Å². The van der Waals surface area contributed by atoms with E-state index in [0.29, 0.717) is 17.2 Å². The van der Waals surface area contributed by atoms with Gasteiger partial charge in [-0.3, -0.25) is 0 Å². The van der Waals surface area contributed by atoms with Gasteiger partial charge < -0.3 is 9.73 Å². The lowest BCUT2D eigenvalue weighted by atomic mass is 10.3. The third kappa shape index (κ3) is 1.51. The zero-order valence-corrected chi connectivity index (χ0v) is 8.15. The standard InChI is InChI=1S/C8H7N3O2S/c1-5(11-12)6-4-14-8(10-6)7-2-3-9-13-7/h2-4,12H,1H3/b11-5+. The van der Waals surface area contributed by atoms with Gasteiger partial charge in [0, 0.05) is 11.4 Å². The summed E-state index contributed by atoms with van der Waals surface area (Å²) in [6.45, 7) is 1.68. The van der Waals surface area contributed by atoms with Gasteiger partial charge in [-0.25, -0.2) is 4.98 Å². The summed E-state index contributed by atoms with van der Waals surface area (Å²) in [4.78, 5) is 4.22. The largest absolute Gasteiger partial charge is 0.411 e. The smallest absolute Gasteiger partial charge is 0.195 e. The molecule has 2 rings (SSSR count). The fourth-order valence-corrected chi connectivity index (χ4v) is 1.75. The van der Waals surface area contributed by atoms with Crippen LogP contribution < -0.4 is 0 Å². The van der Waals surface area contributed by atoms with Crippen molar-refractivity contribution in [1.82, 2.24) is 10.1 Å². The van der Waals surface area contributed by atoms with Crippen LogP contribution in [0, 0.1) is 0 Å². The SMILES string of the molecule is C/C(=N\O)c1csc(-c2ccno2)n1. The third-order valence-corrected chi connectivity index (χ3v) is 2.53. The van der Waals surface area contributed by atoms with E-state index in [0.717, 1.165) is 5.01 Å². The Balaban J connectivity index is 2.36. The molecule has 0 unspecified atom stereocenters. The minimum atomic E-state index is 0.479. The Bertz CT molecular complexity index is 447. The maximum atomic E-state index is 8.54. The number of nitrogens with zero attached hydrogens (tertiary/aromatic N) is 3. The summed E-state index contributed by atoms with van der Waals surface area (Å²) in [6.07, 6.45) is 1.56. The van der Waals surface area contributed by atoms with Crippen molar-refractivity contribution in [3.8, 4) is 10.8 Å². The average Bonchev–Trinajstić information content (AvgIpc) is 2.86. The Kier molecular flexibility index (Phi) is 2.28. The number of aromatic nitrogens is 2. The number of oxime groups is 1. The monoisotopic (exact) mass is 209 g/mol. The van der Waals surface area contributed by atoms with Crippen molar-refractivity contribution in [2.24, 2.45) is 5.16 Å². The molecule has 0 aliphatic heterocycles. The van der Waals surface area contributed by atoms with Gasteiger partial charge in [0.25, 0.3) is 0 Å². The number of rotatable bonds is 2. The molecule has 2 aromatic heterocycles. The van der Waals surface area contributed by atoms with Gasteiger partial charge in [0.05, 0.1) is 11.9 Å². The van der Waals surface area contributed by atoms with Gasteiger partial charge >= 0.3 is 0 Å². The lowest BCUT2D eigenvalue weighted by Crippen LogP contribution is -1.93. The zero-order chi connectivity index (χ0) is 9.97. The fourth-order valence-electron chi connectivity index (χ4n) is 0.930. The van der Waals surface area contributed by atoms with E-state index in [1.54, 1.807) is 24.6 Å². The Labute approximate surface area is 83.7 Å². The van der Waals surface area contributed by atoms with Gasteiger partial charge in [-0.15, -0.1) is 11.3 Å². The van der Waals surface area contributed by atoms with Crippen LogP contribution in [0.3, 0.4) is 0 Å². The lowest BCUT2D eigenvalue weighted by Gasteiger charge is -1.88. The van der Waals surface area contributed by atoms with Gasteiger partial charge in [-0.1, -0.05) is 10.3 Å². The first-order valence-corrected chi connectivity index (χ1v) is 4.75. The molecule has 1 N–H and O–H groups in total. The topological polar surface area (TPSA) is 71.5 Å². The molecule has 14 heavy (non-hydrogen) atoms. The predicted octanol–water partition coefficient (Wildman–Crippen LogP) is 2.00. The van der Waals surface area contributed by atoms with E-state index in [9.17, 15) is 0 Å². The summed E-state index contributed by atoms with van der Waals surface area (Å²) < 4.78 is 4.94. The number of hydrogen-bond acceptors (Lipinski definition) is 6. The molecule has 0 spiro atoms. The van der Waals surface area contributed by atoms with Crippen LogP contribution in [0.5, 0.6) is 0 Å². The molecule has 0 saturated heterocycles. The van der Waals surface area contributed by atoms with Gasteiger partial charge in [-0.05, 0) is 6.92 Å². The van der Waals surface area contributed by atoms with Crippen molar-refractivity contribution in [2.45, 2.75) is 6.92 Å². The van der Waals surface area contributed by atoms with Crippen LogP contribution in [0.15, 0.2) is 27.3 Å². The maximum Gasteiger partial charge on any atom is 0.195 e. The van der Waals surface area contributed by atoms with Crippen molar-refractivity contribution in [2.75, 3.05) is 0 Å². The Morgan fingerprint density at radius 3 is 3.14 bits per heavy atom. The van der Waals surface area contributed by atoms with Gasteiger partial charge in [0.1, 0.15) is 5.71 Å². The first-order valence-electron chi connectivity index (χ1n) is 3.87. The van der Waals surface area contributed by atoms with E-state index in [2.05, 4.69) is 15.3 Å². The van der Waals surface area contributed by atoms with Crippen LogP contribution in [0.1, 0.15) is 12.6 Å². The molecule has 5 nitrogen and oxygen atoms in total. The molecule has 6 heteroatoms. The molecule has 0 atom stereocenters. The van der Waals surface area contributed by atoms with Crippen LogP contribution in [-0.4, -0.2) is 21.1 Å². The molecule has 0 saturated carbocycles. The summed E-state index contributed by atoms with van der Waals surface area (Å²) in [5.41, 5.74) is 1.12. The minimum Gasteiger partial charge on any atom is -0.411 e. The van der Waals surface area contributed by atoms with Crippen molar-refractivity contribution in [1.29, 1.82) is 0 Å². The zero-order valence-electron chi connectivity index (χ0n) is 7.34. The number of thiazole rings is 1. The molecule has 0 aliphatic carbocycles. The maximum absolute atomic E-state index is 8.54. The normalized spacial score (nSPS) is 11.9. The van der Waals surface area contributed by atoms with Crippen molar-refractivity contribution >= 4 is 17.0 Å². The molecule has 72 valence electrons. The van der Waals surface area contributed by atoms with Crippen LogP contribution in [0.4, 0.5) is 0 Å². The Morgan fingerprint density at radius 1 is 1.64 bits per heavy atom. The highest BCUT2D eigenvalue weighted by atomic mass is 32.1. The second-order valence-corrected chi connectivity index (χ2v) is 3.46. The van der Waals surface area contributed by atoms with E-state index in [4.69, 9.17) is 9.73 Å². The van der Waals surface area contributed by atoms with E-state index < -0.39 is 0 Å². The summed E-state index contributed by atoms with van der Waals surface area (Å²) >= 11 is 1.41. The molecule has 0 bridgehead atoms. The minimum absolute atomic E-state index is 0.479. The van der Waals surface area contributed by atoms with Crippen LogP contribution in [0.2, 0.25) is 0 Å². The van der Waals surface area contributed by atoms with E-state index in [1.807, 2.05) is 0 Å². The molecule has 0 aliphatic rings. The molecule has 2 heterocycles. The van der Waals surface area contributed by atoms with Crippen molar-refractivity contribution in [3.63, 3.8) is 0 Å². The quantitative estimate of drug-likeness (QED) is 0.466. The summed E-state index contributed by atoms with van der Waals surface area (Å²) in [6, 6.07) is 1.73.